The molecule has 4 rings (SSSR count). The number of rotatable bonds is 6. The van der Waals surface area contributed by atoms with Crippen molar-refractivity contribution >= 4 is 34.2 Å². The standard InChI is InChI=1S/C21H19FN6S/c1-14(17-9-8-16-4-2-3-5-18(16)12-17)24-25-20-26-27-21(28(20)23)29-13-15-6-10-19(22)11-7-15/h2-12H,13,23H2,1H3,(H,25,26)/b24-14+. The van der Waals surface area contributed by atoms with Crippen LogP contribution in [0.4, 0.5) is 10.3 Å². The third kappa shape index (κ3) is 4.38. The van der Waals surface area contributed by atoms with Crippen LogP contribution in [0.3, 0.4) is 0 Å². The summed E-state index contributed by atoms with van der Waals surface area (Å²) >= 11 is 1.41. The number of anilines is 1. The number of aromatic nitrogens is 3. The first-order valence-electron chi connectivity index (χ1n) is 8.97. The van der Waals surface area contributed by atoms with Crippen molar-refractivity contribution in [3.63, 3.8) is 0 Å². The zero-order valence-corrected chi connectivity index (χ0v) is 16.5. The first-order valence-corrected chi connectivity index (χ1v) is 9.96. The normalized spacial score (nSPS) is 11.7. The van der Waals surface area contributed by atoms with Gasteiger partial charge in [-0.2, -0.15) is 5.10 Å². The zero-order valence-electron chi connectivity index (χ0n) is 15.7. The highest BCUT2D eigenvalue weighted by Gasteiger charge is 2.10. The Balaban J connectivity index is 1.44. The Hall–Kier alpha value is -3.39. The second-order valence-corrected chi connectivity index (χ2v) is 7.40. The summed E-state index contributed by atoms with van der Waals surface area (Å²) < 4.78 is 14.3. The lowest BCUT2D eigenvalue weighted by molar-refractivity contribution is 0.627. The Labute approximate surface area is 171 Å². The second kappa shape index (κ2) is 8.32. The molecule has 0 aliphatic rings. The maximum Gasteiger partial charge on any atom is 0.264 e. The molecule has 0 fully saturated rings. The number of nitrogens with zero attached hydrogens (tertiary/aromatic N) is 4. The number of hydrogen-bond acceptors (Lipinski definition) is 6. The quantitative estimate of drug-likeness (QED) is 0.215. The molecule has 6 nitrogen and oxygen atoms in total. The minimum atomic E-state index is -0.258. The number of hydrazone groups is 1. The molecule has 0 radical (unpaired) electrons. The molecule has 1 heterocycles. The van der Waals surface area contributed by atoms with Gasteiger partial charge in [0.15, 0.2) is 0 Å². The fourth-order valence-corrected chi connectivity index (χ4v) is 3.61. The minimum Gasteiger partial charge on any atom is -0.334 e. The molecule has 0 aliphatic carbocycles. The number of nitrogens with one attached hydrogen (secondary N) is 1. The van der Waals surface area contributed by atoms with E-state index in [1.54, 1.807) is 12.1 Å². The van der Waals surface area contributed by atoms with Crippen molar-refractivity contribution < 1.29 is 4.39 Å². The Morgan fingerprint density at radius 1 is 1.07 bits per heavy atom. The van der Waals surface area contributed by atoms with Gasteiger partial charge in [-0.25, -0.2) is 14.5 Å². The SMILES string of the molecule is C/C(=N\Nc1nnc(SCc2ccc(F)cc2)n1N)c1ccc2ccccc2c1. The molecule has 0 unspecified atom stereocenters. The Kier molecular flexibility index (Phi) is 5.44. The highest BCUT2D eigenvalue weighted by atomic mass is 32.2. The number of thioether (sulfide) groups is 1. The largest absolute Gasteiger partial charge is 0.334 e. The van der Waals surface area contributed by atoms with Gasteiger partial charge >= 0.3 is 0 Å². The molecule has 0 saturated heterocycles. The average Bonchev–Trinajstić information content (AvgIpc) is 3.10. The zero-order chi connectivity index (χ0) is 20.2. The molecule has 8 heteroatoms. The van der Waals surface area contributed by atoms with Gasteiger partial charge in [0.2, 0.25) is 5.16 Å². The number of benzene rings is 3. The van der Waals surface area contributed by atoms with E-state index in [1.165, 1.54) is 34.0 Å². The van der Waals surface area contributed by atoms with E-state index in [4.69, 9.17) is 5.84 Å². The van der Waals surface area contributed by atoms with Gasteiger partial charge in [-0.1, -0.05) is 60.3 Å². The molecule has 0 atom stereocenters. The Bertz CT molecular complexity index is 1170. The van der Waals surface area contributed by atoms with Crippen molar-refractivity contribution in [1.82, 2.24) is 14.9 Å². The predicted molar refractivity (Wildman–Crippen MR) is 116 cm³/mol. The molecule has 29 heavy (non-hydrogen) atoms. The van der Waals surface area contributed by atoms with Gasteiger partial charge in [0.25, 0.3) is 5.95 Å². The highest BCUT2D eigenvalue weighted by Crippen LogP contribution is 2.22. The molecule has 4 aromatic rings. The molecule has 3 N–H and O–H groups in total. The van der Waals surface area contributed by atoms with Crippen molar-refractivity contribution in [3.05, 3.63) is 83.7 Å². The fraction of sp³-hybridized carbons (Fsp3) is 0.0952. The van der Waals surface area contributed by atoms with Crippen LogP contribution in [0.1, 0.15) is 18.1 Å². The lowest BCUT2D eigenvalue weighted by Crippen LogP contribution is -2.13. The van der Waals surface area contributed by atoms with E-state index in [-0.39, 0.29) is 5.82 Å². The van der Waals surface area contributed by atoms with Crippen molar-refractivity contribution in [2.45, 2.75) is 17.8 Å². The summed E-state index contributed by atoms with van der Waals surface area (Å²) in [7, 11) is 0. The van der Waals surface area contributed by atoms with Gasteiger partial charge in [-0.3, -0.25) is 0 Å². The second-order valence-electron chi connectivity index (χ2n) is 6.46. The Morgan fingerprint density at radius 3 is 2.62 bits per heavy atom. The first kappa shape index (κ1) is 18.9. The van der Waals surface area contributed by atoms with Crippen LogP contribution in [0, 0.1) is 5.82 Å². The number of halogens is 1. The van der Waals surface area contributed by atoms with Crippen LogP contribution in [-0.2, 0) is 5.75 Å². The monoisotopic (exact) mass is 406 g/mol. The molecular formula is C21H19FN6S. The van der Waals surface area contributed by atoms with Crippen LogP contribution in [0.15, 0.2) is 77.0 Å². The summed E-state index contributed by atoms with van der Waals surface area (Å²) in [6.07, 6.45) is 0. The molecule has 0 aliphatic heterocycles. The van der Waals surface area contributed by atoms with Gasteiger partial charge in [0.05, 0.1) is 5.71 Å². The molecular weight excluding hydrogens is 387 g/mol. The fourth-order valence-electron chi connectivity index (χ4n) is 2.79. The Morgan fingerprint density at radius 2 is 1.83 bits per heavy atom. The van der Waals surface area contributed by atoms with Crippen molar-refractivity contribution in [2.24, 2.45) is 5.10 Å². The average molecular weight is 406 g/mol. The van der Waals surface area contributed by atoms with Crippen molar-refractivity contribution in [2.75, 3.05) is 11.3 Å². The molecule has 3 aromatic carbocycles. The molecule has 0 spiro atoms. The smallest absolute Gasteiger partial charge is 0.264 e. The van der Waals surface area contributed by atoms with Gasteiger partial charge in [0, 0.05) is 5.75 Å². The lowest BCUT2D eigenvalue weighted by Gasteiger charge is -2.06. The van der Waals surface area contributed by atoms with E-state index >= 15 is 0 Å². The van der Waals surface area contributed by atoms with Gasteiger partial charge < -0.3 is 5.84 Å². The van der Waals surface area contributed by atoms with Crippen LogP contribution in [0.5, 0.6) is 0 Å². The molecule has 1 aromatic heterocycles. The highest BCUT2D eigenvalue weighted by molar-refractivity contribution is 7.98. The topological polar surface area (TPSA) is 81.1 Å². The van der Waals surface area contributed by atoms with Crippen LogP contribution in [0.25, 0.3) is 10.8 Å². The molecule has 0 amide bonds. The lowest BCUT2D eigenvalue weighted by atomic mass is 10.0. The van der Waals surface area contributed by atoms with E-state index < -0.39 is 0 Å². The third-order valence-corrected chi connectivity index (χ3v) is 5.45. The number of nitrogen functional groups attached to an aromatic ring is 1. The van der Waals surface area contributed by atoms with Gasteiger partial charge in [0.1, 0.15) is 5.82 Å². The number of nitrogens with two attached hydrogens (primary N) is 1. The minimum absolute atomic E-state index is 0.258. The number of fused-ring (bicyclic) bond motifs is 1. The summed E-state index contributed by atoms with van der Waals surface area (Å²) in [6, 6.07) is 20.7. The summed E-state index contributed by atoms with van der Waals surface area (Å²) in [5, 5.41) is 15.4. The van der Waals surface area contributed by atoms with E-state index in [1.807, 2.05) is 25.1 Å². The van der Waals surface area contributed by atoms with E-state index in [0.29, 0.717) is 16.9 Å². The predicted octanol–water partition coefficient (Wildman–Crippen LogP) is 4.41. The maximum absolute atomic E-state index is 13.0. The van der Waals surface area contributed by atoms with Crippen LogP contribution < -0.4 is 11.3 Å². The van der Waals surface area contributed by atoms with Gasteiger partial charge in [-0.05, 0) is 47.0 Å². The number of hydrogen-bond donors (Lipinski definition) is 2. The van der Waals surface area contributed by atoms with Crippen LogP contribution in [-0.4, -0.2) is 20.6 Å². The van der Waals surface area contributed by atoms with E-state index in [0.717, 1.165) is 22.2 Å². The molecule has 0 saturated carbocycles. The summed E-state index contributed by atoms with van der Waals surface area (Å²) in [4.78, 5) is 0. The van der Waals surface area contributed by atoms with Crippen LogP contribution in [0.2, 0.25) is 0 Å². The summed E-state index contributed by atoms with van der Waals surface area (Å²) in [5.74, 6) is 6.76. The first-order chi connectivity index (χ1) is 14.1. The van der Waals surface area contributed by atoms with E-state index in [9.17, 15) is 4.39 Å². The van der Waals surface area contributed by atoms with E-state index in [2.05, 4.69) is 45.0 Å². The molecule has 0 bridgehead atoms. The van der Waals surface area contributed by atoms with Gasteiger partial charge in [-0.15, -0.1) is 10.2 Å². The molecule has 146 valence electrons. The summed E-state index contributed by atoms with van der Waals surface area (Å²) in [5.41, 5.74) is 5.66. The van der Waals surface area contributed by atoms with Crippen LogP contribution >= 0.6 is 11.8 Å². The summed E-state index contributed by atoms with van der Waals surface area (Å²) in [6.45, 7) is 1.92. The van der Waals surface area contributed by atoms with Crippen molar-refractivity contribution in [3.8, 4) is 0 Å². The van der Waals surface area contributed by atoms with Crippen molar-refractivity contribution in [1.29, 1.82) is 0 Å². The third-order valence-electron chi connectivity index (χ3n) is 4.44. The maximum atomic E-state index is 13.0.